The average molecular weight is 212 g/mol. The predicted molar refractivity (Wildman–Crippen MR) is 57.9 cm³/mol. The zero-order valence-corrected chi connectivity index (χ0v) is 8.76. The third-order valence-corrected chi connectivity index (χ3v) is 2.79. The highest BCUT2D eigenvalue weighted by Crippen LogP contribution is 2.24. The lowest BCUT2D eigenvalue weighted by atomic mass is 10.1. The molecule has 0 spiro atoms. The molecule has 1 aromatic carbocycles. The smallest absolute Gasteiger partial charge is 0.137 e. The fourth-order valence-corrected chi connectivity index (χ4v) is 1.82. The number of para-hydroxylation sites is 1. The highest BCUT2D eigenvalue weighted by Gasteiger charge is 2.15. The van der Waals surface area contributed by atoms with Crippen LogP contribution >= 0.6 is 11.6 Å². The van der Waals surface area contributed by atoms with Crippen molar-refractivity contribution in [1.29, 1.82) is 0 Å². The molecule has 1 aliphatic rings. The minimum absolute atomic E-state index is 0.631. The van der Waals surface area contributed by atoms with Gasteiger partial charge in [-0.1, -0.05) is 23.7 Å². The van der Waals surface area contributed by atoms with Crippen molar-refractivity contribution in [3.05, 3.63) is 29.3 Å². The lowest BCUT2D eigenvalue weighted by molar-refractivity contribution is 0.260. The maximum atomic E-state index is 5.97. The quantitative estimate of drug-likeness (QED) is 0.829. The first-order valence-electron chi connectivity index (χ1n) is 4.94. The summed E-state index contributed by atoms with van der Waals surface area (Å²) in [7, 11) is 0. The number of halogens is 1. The van der Waals surface area contributed by atoms with E-state index in [1.807, 2.05) is 24.3 Å². The Morgan fingerprint density at radius 3 is 3.00 bits per heavy atom. The second-order valence-corrected chi connectivity index (χ2v) is 4.01. The average Bonchev–Trinajstić information content (AvgIpc) is 2.69. The van der Waals surface area contributed by atoms with Gasteiger partial charge in [-0.25, -0.2) is 0 Å². The number of hydrogen-bond donors (Lipinski definition) is 1. The molecular formula is C11H14ClNO. The Morgan fingerprint density at radius 1 is 1.43 bits per heavy atom. The minimum Gasteiger partial charge on any atom is -0.492 e. The molecule has 1 aliphatic heterocycles. The Morgan fingerprint density at radius 2 is 2.29 bits per heavy atom. The Labute approximate surface area is 89.2 Å². The standard InChI is InChI=1S/C11H14ClNO/c12-10-3-1-2-4-11(10)14-8-9-5-6-13-7-9/h1-4,9,13H,5-8H2/t9-/m0/s1. The highest BCUT2D eigenvalue weighted by molar-refractivity contribution is 6.32. The van der Waals surface area contributed by atoms with Crippen molar-refractivity contribution in [2.75, 3.05) is 19.7 Å². The van der Waals surface area contributed by atoms with E-state index in [0.717, 1.165) is 25.4 Å². The van der Waals surface area contributed by atoms with E-state index in [2.05, 4.69) is 5.32 Å². The van der Waals surface area contributed by atoms with Crippen molar-refractivity contribution >= 4 is 11.6 Å². The van der Waals surface area contributed by atoms with Crippen molar-refractivity contribution in [3.63, 3.8) is 0 Å². The Balaban J connectivity index is 1.88. The Bertz CT molecular complexity index is 297. The van der Waals surface area contributed by atoms with Gasteiger partial charge in [-0.3, -0.25) is 0 Å². The maximum absolute atomic E-state index is 5.97. The van der Waals surface area contributed by atoms with Crippen LogP contribution in [0.1, 0.15) is 6.42 Å². The summed E-state index contributed by atoms with van der Waals surface area (Å²) in [4.78, 5) is 0. The summed E-state index contributed by atoms with van der Waals surface area (Å²) in [6.07, 6.45) is 1.20. The summed E-state index contributed by atoms with van der Waals surface area (Å²) in [5, 5.41) is 4.00. The molecule has 2 rings (SSSR count). The molecular weight excluding hydrogens is 198 g/mol. The SMILES string of the molecule is Clc1ccccc1OC[C@H]1CCNC1. The summed E-state index contributed by atoms with van der Waals surface area (Å²) in [6, 6.07) is 7.61. The second-order valence-electron chi connectivity index (χ2n) is 3.60. The topological polar surface area (TPSA) is 21.3 Å². The molecule has 0 amide bonds. The van der Waals surface area contributed by atoms with Gasteiger partial charge in [0.05, 0.1) is 11.6 Å². The van der Waals surface area contributed by atoms with Crippen LogP contribution in [-0.4, -0.2) is 19.7 Å². The van der Waals surface area contributed by atoms with E-state index in [0.29, 0.717) is 10.9 Å². The third-order valence-electron chi connectivity index (χ3n) is 2.47. The van der Waals surface area contributed by atoms with Crippen LogP contribution in [0.5, 0.6) is 5.75 Å². The molecule has 0 bridgehead atoms. The molecule has 0 saturated carbocycles. The number of rotatable bonds is 3. The van der Waals surface area contributed by atoms with Gasteiger partial charge in [0.15, 0.2) is 0 Å². The van der Waals surface area contributed by atoms with Crippen LogP contribution in [0, 0.1) is 5.92 Å². The summed E-state index contributed by atoms with van der Waals surface area (Å²) in [5.74, 6) is 1.42. The fraction of sp³-hybridized carbons (Fsp3) is 0.455. The van der Waals surface area contributed by atoms with E-state index >= 15 is 0 Å². The van der Waals surface area contributed by atoms with Crippen molar-refractivity contribution in [2.45, 2.75) is 6.42 Å². The zero-order chi connectivity index (χ0) is 9.80. The molecule has 14 heavy (non-hydrogen) atoms. The monoisotopic (exact) mass is 211 g/mol. The molecule has 1 saturated heterocycles. The van der Waals surface area contributed by atoms with E-state index < -0.39 is 0 Å². The van der Waals surface area contributed by atoms with Crippen LogP contribution in [0.15, 0.2) is 24.3 Å². The molecule has 2 nitrogen and oxygen atoms in total. The largest absolute Gasteiger partial charge is 0.492 e. The zero-order valence-electron chi connectivity index (χ0n) is 8.00. The van der Waals surface area contributed by atoms with Crippen molar-refractivity contribution in [3.8, 4) is 5.75 Å². The van der Waals surface area contributed by atoms with E-state index in [1.165, 1.54) is 6.42 Å². The van der Waals surface area contributed by atoms with Crippen LogP contribution < -0.4 is 10.1 Å². The lowest BCUT2D eigenvalue weighted by Gasteiger charge is -2.11. The van der Waals surface area contributed by atoms with E-state index in [1.54, 1.807) is 0 Å². The lowest BCUT2D eigenvalue weighted by Crippen LogP contribution is -2.15. The predicted octanol–water partition coefficient (Wildman–Crippen LogP) is 2.33. The fourth-order valence-electron chi connectivity index (χ4n) is 1.63. The van der Waals surface area contributed by atoms with Gasteiger partial charge < -0.3 is 10.1 Å². The normalized spacial score (nSPS) is 21.1. The van der Waals surface area contributed by atoms with Crippen molar-refractivity contribution in [1.82, 2.24) is 5.32 Å². The molecule has 1 aromatic rings. The molecule has 0 aromatic heterocycles. The molecule has 1 N–H and O–H groups in total. The molecule has 0 radical (unpaired) electrons. The molecule has 1 heterocycles. The van der Waals surface area contributed by atoms with Gasteiger partial charge in [0.1, 0.15) is 5.75 Å². The van der Waals surface area contributed by atoms with Crippen molar-refractivity contribution < 1.29 is 4.74 Å². The van der Waals surface area contributed by atoms with Gasteiger partial charge >= 0.3 is 0 Å². The van der Waals surface area contributed by atoms with Crippen LogP contribution in [-0.2, 0) is 0 Å². The number of hydrogen-bond acceptors (Lipinski definition) is 2. The van der Waals surface area contributed by atoms with E-state index in [9.17, 15) is 0 Å². The van der Waals surface area contributed by atoms with Crippen LogP contribution in [0.2, 0.25) is 5.02 Å². The van der Waals surface area contributed by atoms with Gasteiger partial charge in [-0.05, 0) is 25.1 Å². The van der Waals surface area contributed by atoms with Crippen LogP contribution in [0.4, 0.5) is 0 Å². The summed E-state index contributed by atoms with van der Waals surface area (Å²) in [6.45, 7) is 2.93. The first kappa shape index (κ1) is 9.81. The Kier molecular flexibility index (Phi) is 3.27. The molecule has 0 unspecified atom stereocenters. The summed E-state index contributed by atoms with van der Waals surface area (Å²) in [5.41, 5.74) is 0. The first-order valence-corrected chi connectivity index (χ1v) is 5.32. The number of benzene rings is 1. The summed E-state index contributed by atoms with van der Waals surface area (Å²) >= 11 is 5.97. The van der Waals surface area contributed by atoms with Gasteiger partial charge in [0.25, 0.3) is 0 Å². The molecule has 3 heteroatoms. The van der Waals surface area contributed by atoms with Crippen LogP contribution in [0.25, 0.3) is 0 Å². The highest BCUT2D eigenvalue weighted by atomic mass is 35.5. The van der Waals surface area contributed by atoms with Crippen LogP contribution in [0.3, 0.4) is 0 Å². The molecule has 76 valence electrons. The molecule has 0 aliphatic carbocycles. The number of nitrogens with one attached hydrogen (secondary N) is 1. The van der Waals surface area contributed by atoms with Gasteiger partial charge in [-0.15, -0.1) is 0 Å². The number of ether oxygens (including phenoxy) is 1. The van der Waals surface area contributed by atoms with Gasteiger partial charge in [0.2, 0.25) is 0 Å². The maximum Gasteiger partial charge on any atom is 0.137 e. The van der Waals surface area contributed by atoms with Gasteiger partial charge in [0, 0.05) is 12.5 Å². The van der Waals surface area contributed by atoms with Crippen molar-refractivity contribution in [2.24, 2.45) is 5.92 Å². The van der Waals surface area contributed by atoms with E-state index in [4.69, 9.17) is 16.3 Å². The van der Waals surface area contributed by atoms with E-state index in [-0.39, 0.29) is 0 Å². The minimum atomic E-state index is 0.631. The molecule has 1 atom stereocenters. The first-order chi connectivity index (χ1) is 6.86. The second kappa shape index (κ2) is 4.67. The Hall–Kier alpha value is -0.730. The summed E-state index contributed by atoms with van der Waals surface area (Å²) < 4.78 is 5.65. The van der Waals surface area contributed by atoms with Gasteiger partial charge in [-0.2, -0.15) is 0 Å². The third kappa shape index (κ3) is 2.40. The molecule has 1 fully saturated rings.